The van der Waals surface area contributed by atoms with Gasteiger partial charge in [-0.3, -0.25) is 9.59 Å². The smallest absolute Gasteiger partial charge is 0.308 e. The molecular weight excluding hydrogens is 270 g/mol. The molecule has 0 saturated carbocycles. The number of amides is 2. The highest BCUT2D eigenvalue weighted by atomic mass is 35.5. The molecule has 0 aliphatic rings. The van der Waals surface area contributed by atoms with Crippen molar-refractivity contribution in [1.29, 1.82) is 0 Å². The van der Waals surface area contributed by atoms with Crippen molar-refractivity contribution in [2.24, 2.45) is 16.8 Å². The second-order valence-corrected chi connectivity index (χ2v) is 4.65. The van der Waals surface area contributed by atoms with Crippen molar-refractivity contribution >= 4 is 23.4 Å². The predicted octanol–water partition coefficient (Wildman–Crippen LogP) is 1.45. The zero-order chi connectivity index (χ0) is 15.0. The molecule has 0 aromatic heterocycles. The summed E-state index contributed by atoms with van der Waals surface area (Å²) < 4.78 is 0. The molecule has 0 aliphatic heterocycles. The molecule has 0 spiro atoms. The van der Waals surface area contributed by atoms with Crippen LogP contribution in [0.4, 0.5) is 0 Å². The normalized spacial score (nSPS) is 14.2. The number of hydrogen-bond acceptors (Lipinski definition) is 4. The quantitative estimate of drug-likeness (QED) is 0.438. The van der Waals surface area contributed by atoms with Crippen molar-refractivity contribution in [3.63, 3.8) is 0 Å². The number of carbonyl (C=O) groups excluding carboxylic acids is 2. The van der Waals surface area contributed by atoms with Gasteiger partial charge in [0, 0.05) is 22.3 Å². The van der Waals surface area contributed by atoms with E-state index in [1.165, 1.54) is 12.2 Å². The average Bonchev–Trinajstić information content (AvgIpc) is 2.40. The van der Waals surface area contributed by atoms with Crippen LogP contribution in [0.15, 0.2) is 27.9 Å². The molecule has 0 radical (unpaired) electrons. The van der Waals surface area contributed by atoms with Crippen LogP contribution in [0.25, 0.3) is 0 Å². The van der Waals surface area contributed by atoms with E-state index in [1.54, 1.807) is 20.8 Å². The van der Waals surface area contributed by atoms with Crippen LogP contribution < -0.4 is 11.1 Å². The number of nitrogens with one attached hydrogen (secondary N) is 1. The SMILES string of the molecule is C/C=C(\C=C(\Cl)CN)C(=O)NC(C(=O)N=O)C(C)C. The molecule has 0 aromatic rings. The summed E-state index contributed by atoms with van der Waals surface area (Å²) in [6.45, 7) is 5.16. The Balaban J connectivity index is 5.00. The van der Waals surface area contributed by atoms with E-state index in [0.717, 1.165) is 0 Å². The maximum Gasteiger partial charge on any atom is 0.308 e. The first-order valence-corrected chi connectivity index (χ1v) is 6.15. The fourth-order valence-corrected chi connectivity index (χ4v) is 1.42. The number of carbonyl (C=O) groups is 2. The van der Waals surface area contributed by atoms with Crippen molar-refractivity contribution < 1.29 is 9.59 Å². The summed E-state index contributed by atoms with van der Waals surface area (Å²) in [4.78, 5) is 33.5. The lowest BCUT2D eigenvalue weighted by Crippen LogP contribution is -2.44. The highest BCUT2D eigenvalue weighted by molar-refractivity contribution is 6.30. The summed E-state index contributed by atoms with van der Waals surface area (Å²) in [6, 6.07) is -0.954. The maximum absolute atomic E-state index is 11.9. The van der Waals surface area contributed by atoms with Crippen molar-refractivity contribution in [3.05, 3.63) is 27.7 Å². The molecule has 1 atom stereocenters. The first-order valence-electron chi connectivity index (χ1n) is 5.77. The number of hydrogen-bond donors (Lipinski definition) is 2. The first kappa shape index (κ1) is 17.5. The Morgan fingerprint density at radius 2 is 2.00 bits per heavy atom. The average molecular weight is 288 g/mol. The second-order valence-electron chi connectivity index (χ2n) is 4.16. The molecule has 0 bridgehead atoms. The largest absolute Gasteiger partial charge is 0.340 e. The molecule has 7 heteroatoms. The summed E-state index contributed by atoms with van der Waals surface area (Å²) in [7, 11) is 0. The van der Waals surface area contributed by atoms with Gasteiger partial charge in [-0.15, -0.1) is 4.91 Å². The number of nitroso groups, excluding NO2 is 1. The van der Waals surface area contributed by atoms with Crippen LogP contribution in [0.5, 0.6) is 0 Å². The Kier molecular flexibility index (Phi) is 7.86. The van der Waals surface area contributed by atoms with E-state index in [0.29, 0.717) is 5.03 Å². The third-order valence-corrected chi connectivity index (χ3v) is 2.65. The molecule has 19 heavy (non-hydrogen) atoms. The van der Waals surface area contributed by atoms with Crippen molar-refractivity contribution in [2.45, 2.75) is 26.8 Å². The number of rotatable bonds is 6. The fraction of sp³-hybridized carbons (Fsp3) is 0.500. The van der Waals surface area contributed by atoms with Crippen LogP contribution in [-0.4, -0.2) is 24.4 Å². The number of nitrogens with zero attached hydrogens (tertiary/aromatic N) is 1. The Bertz CT molecular complexity index is 416. The summed E-state index contributed by atoms with van der Waals surface area (Å²) in [5.41, 5.74) is 5.59. The third-order valence-electron chi connectivity index (χ3n) is 2.39. The van der Waals surface area contributed by atoms with Gasteiger partial charge in [-0.25, -0.2) is 0 Å². The molecular formula is C12H18ClN3O3. The van der Waals surface area contributed by atoms with Gasteiger partial charge >= 0.3 is 5.91 Å². The van der Waals surface area contributed by atoms with E-state index in [1.807, 2.05) is 0 Å². The van der Waals surface area contributed by atoms with Gasteiger partial charge in [-0.2, -0.15) is 0 Å². The monoisotopic (exact) mass is 287 g/mol. The van der Waals surface area contributed by atoms with Crippen LogP contribution in [0.3, 0.4) is 0 Å². The van der Waals surface area contributed by atoms with Gasteiger partial charge in [-0.05, 0) is 18.9 Å². The van der Waals surface area contributed by atoms with Crippen molar-refractivity contribution in [2.75, 3.05) is 6.54 Å². The summed E-state index contributed by atoms with van der Waals surface area (Å²) in [6.07, 6.45) is 2.94. The Hall–Kier alpha value is -1.53. The molecule has 0 rings (SSSR count). The van der Waals surface area contributed by atoms with E-state index < -0.39 is 17.9 Å². The molecule has 1 unspecified atom stereocenters. The number of nitrogens with two attached hydrogens (primary N) is 1. The molecule has 2 amide bonds. The van der Waals surface area contributed by atoms with Gasteiger partial charge < -0.3 is 11.1 Å². The lowest BCUT2D eigenvalue weighted by Gasteiger charge is -2.18. The minimum absolute atomic E-state index is 0.106. The van der Waals surface area contributed by atoms with Crippen LogP contribution in [0.1, 0.15) is 20.8 Å². The Morgan fingerprint density at radius 1 is 1.42 bits per heavy atom. The topological polar surface area (TPSA) is 102 Å². The molecule has 106 valence electrons. The van der Waals surface area contributed by atoms with Gasteiger partial charge in [0.25, 0.3) is 5.91 Å². The minimum Gasteiger partial charge on any atom is -0.340 e. The molecule has 0 aromatic carbocycles. The highest BCUT2D eigenvalue weighted by Gasteiger charge is 2.25. The number of halogens is 1. The van der Waals surface area contributed by atoms with Crippen molar-refractivity contribution in [1.82, 2.24) is 5.32 Å². The van der Waals surface area contributed by atoms with Crippen molar-refractivity contribution in [3.8, 4) is 0 Å². The van der Waals surface area contributed by atoms with Gasteiger partial charge in [0.1, 0.15) is 6.04 Å². The van der Waals surface area contributed by atoms with E-state index in [2.05, 4.69) is 10.5 Å². The minimum atomic E-state index is -0.954. The van der Waals surface area contributed by atoms with Gasteiger partial charge in [-0.1, -0.05) is 31.5 Å². The second kappa shape index (κ2) is 8.55. The number of allylic oxidation sites excluding steroid dienone is 1. The van der Waals surface area contributed by atoms with Crippen LogP contribution in [0, 0.1) is 10.8 Å². The summed E-state index contributed by atoms with van der Waals surface area (Å²) >= 11 is 5.75. The summed E-state index contributed by atoms with van der Waals surface area (Å²) in [5.74, 6) is -1.67. The van der Waals surface area contributed by atoms with Crippen LogP contribution in [-0.2, 0) is 9.59 Å². The van der Waals surface area contributed by atoms with E-state index in [-0.39, 0.29) is 18.0 Å². The maximum atomic E-state index is 11.9. The van der Waals surface area contributed by atoms with E-state index in [4.69, 9.17) is 17.3 Å². The van der Waals surface area contributed by atoms with Crippen LogP contribution in [0.2, 0.25) is 0 Å². The molecule has 0 aliphatic carbocycles. The zero-order valence-corrected chi connectivity index (χ0v) is 11.9. The highest BCUT2D eigenvalue weighted by Crippen LogP contribution is 2.09. The Morgan fingerprint density at radius 3 is 2.37 bits per heavy atom. The summed E-state index contributed by atoms with van der Waals surface area (Å²) in [5, 5.41) is 5.10. The Labute approximate surface area is 117 Å². The third kappa shape index (κ3) is 5.76. The standard InChI is InChI=1S/C12H18ClN3O3/c1-4-8(5-9(13)6-14)11(17)15-10(7(2)3)12(18)16-19/h4-5,7,10H,6,14H2,1-3H3,(H,15,17)/b8-4+,9-5+. The van der Waals surface area contributed by atoms with Gasteiger partial charge in [0.15, 0.2) is 0 Å². The van der Waals surface area contributed by atoms with Gasteiger partial charge in [0.2, 0.25) is 0 Å². The molecule has 0 fully saturated rings. The lowest BCUT2D eigenvalue weighted by atomic mass is 10.0. The fourth-order valence-electron chi connectivity index (χ4n) is 1.30. The van der Waals surface area contributed by atoms with Gasteiger partial charge in [0.05, 0.1) is 0 Å². The molecule has 3 N–H and O–H groups in total. The van der Waals surface area contributed by atoms with Crippen LogP contribution >= 0.6 is 11.6 Å². The lowest BCUT2D eigenvalue weighted by molar-refractivity contribution is -0.126. The first-order chi connectivity index (χ1) is 8.87. The van der Waals surface area contributed by atoms with E-state index >= 15 is 0 Å². The molecule has 6 nitrogen and oxygen atoms in total. The van der Waals surface area contributed by atoms with E-state index in [9.17, 15) is 14.5 Å². The molecule has 0 heterocycles. The molecule has 0 saturated heterocycles. The predicted molar refractivity (Wildman–Crippen MR) is 74.3 cm³/mol. The zero-order valence-electron chi connectivity index (χ0n) is 11.1.